The lowest BCUT2D eigenvalue weighted by Crippen LogP contribution is -2.76. The van der Waals surface area contributed by atoms with Gasteiger partial charge in [0.05, 0.1) is 6.10 Å². The highest BCUT2D eigenvalue weighted by atomic mass is 16.5. The number of carbonyl (C=O) groups is 1. The van der Waals surface area contributed by atoms with Gasteiger partial charge in [-0.2, -0.15) is 0 Å². The first-order valence-corrected chi connectivity index (χ1v) is 8.79. The molecule has 2 rings (SSSR count). The number of rotatable bonds is 6. The highest BCUT2D eigenvalue weighted by Gasteiger charge is 2.62. The molecule has 1 amide bonds. The van der Waals surface area contributed by atoms with E-state index in [1.165, 1.54) is 12.8 Å². The second-order valence-corrected chi connectivity index (χ2v) is 7.33. The van der Waals surface area contributed by atoms with Crippen molar-refractivity contribution in [3.63, 3.8) is 0 Å². The molecule has 0 aromatic heterocycles. The van der Waals surface area contributed by atoms with E-state index >= 15 is 0 Å². The van der Waals surface area contributed by atoms with Gasteiger partial charge in [0, 0.05) is 31.0 Å². The lowest BCUT2D eigenvalue weighted by Gasteiger charge is -2.57. The minimum Gasteiger partial charge on any atom is -0.378 e. The number of nitrogens with zero attached hydrogens (tertiary/aromatic N) is 1. The Labute approximate surface area is 134 Å². The molecule has 128 valence electrons. The van der Waals surface area contributed by atoms with Crippen LogP contribution in [0.2, 0.25) is 0 Å². The van der Waals surface area contributed by atoms with Gasteiger partial charge in [0.25, 0.3) is 0 Å². The van der Waals surface area contributed by atoms with E-state index in [2.05, 4.69) is 17.1 Å². The first-order chi connectivity index (χ1) is 10.4. The molecule has 3 N–H and O–H groups in total. The van der Waals surface area contributed by atoms with E-state index < -0.39 is 5.54 Å². The average Bonchev–Trinajstić information content (AvgIpc) is 2.52. The molecule has 22 heavy (non-hydrogen) atoms. The van der Waals surface area contributed by atoms with Crippen molar-refractivity contribution >= 4 is 5.91 Å². The number of likely N-dealkylation sites (tertiary alicyclic amines) is 1. The molecular weight excluding hydrogens is 278 g/mol. The summed E-state index contributed by atoms with van der Waals surface area (Å²) in [6, 6.07) is 0.456. The monoisotopic (exact) mass is 311 g/mol. The highest BCUT2D eigenvalue weighted by molar-refractivity contribution is 5.88. The summed E-state index contributed by atoms with van der Waals surface area (Å²) < 4.78 is 5.70. The van der Waals surface area contributed by atoms with Crippen molar-refractivity contribution < 1.29 is 9.53 Å². The predicted octanol–water partition coefficient (Wildman–Crippen LogP) is 1.51. The molecule has 2 aliphatic rings. The van der Waals surface area contributed by atoms with Gasteiger partial charge in [-0.05, 0) is 32.9 Å². The molecule has 5 heteroatoms. The summed E-state index contributed by atoms with van der Waals surface area (Å²) in [6.45, 7) is 11.8. The first-order valence-electron chi connectivity index (χ1n) is 8.79. The van der Waals surface area contributed by atoms with Crippen LogP contribution < -0.4 is 11.1 Å². The molecule has 0 aromatic rings. The van der Waals surface area contributed by atoms with Crippen LogP contribution in [0.1, 0.15) is 53.4 Å². The minimum absolute atomic E-state index is 0.0184. The summed E-state index contributed by atoms with van der Waals surface area (Å²) in [7, 11) is 0. The van der Waals surface area contributed by atoms with E-state index in [9.17, 15) is 4.79 Å². The predicted molar refractivity (Wildman–Crippen MR) is 88.6 cm³/mol. The normalized spacial score (nSPS) is 35.0. The molecule has 0 aromatic carbocycles. The van der Waals surface area contributed by atoms with Crippen molar-refractivity contribution in [3.05, 3.63) is 0 Å². The molecule has 1 aliphatic heterocycles. The van der Waals surface area contributed by atoms with Gasteiger partial charge in [-0.25, -0.2) is 0 Å². The number of likely N-dealkylation sites (N-methyl/N-ethyl adjacent to an activating group) is 1. The SMILES string of the molecule is CCOC1CC(N)(C(=O)NCC2CCCCN2CC)C1(C)C. The van der Waals surface area contributed by atoms with Crippen molar-refractivity contribution in [1.82, 2.24) is 10.2 Å². The maximum Gasteiger partial charge on any atom is 0.240 e. The van der Waals surface area contributed by atoms with Crippen LogP contribution >= 0.6 is 0 Å². The van der Waals surface area contributed by atoms with Gasteiger partial charge in [-0.3, -0.25) is 9.69 Å². The van der Waals surface area contributed by atoms with E-state index in [0.29, 0.717) is 25.6 Å². The number of hydrogen-bond acceptors (Lipinski definition) is 4. The number of ether oxygens (including phenoxy) is 1. The number of piperidine rings is 1. The molecule has 1 aliphatic carbocycles. The summed E-state index contributed by atoms with van der Waals surface area (Å²) in [6.07, 6.45) is 4.37. The topological polar surface area (TPSA) is 67.6 Å². The maximum absolute atomic E-state index is 12.6. The van der Waals surface area contributed by atoms with Gasteiger partial charge >= 0.3 is 0 Å². The summed E-state index contributed by atoms with van der Waals surface area (Å²) in [5, 5.41) is 3.12. The first kappa shape index (κ1) is 17.7. The smallest absolute Gasteiger partial charge is 0.240 e. The van der Waals surface area contributed by atoms with E-state index in [0.717, 1.165) is 19.5 Å². The Morgan fingerprint density at radius 1 is 1.36 bits per heavy atom. The Morgan fingerprint density at radius 3 is 2.68 bits per heavy atom. The van der Waals surface area contributed by atoms with Crippen molar-refractivity contribution in [2.24, 2.45) is 11.1 Å². The van der Waals surface area contributed by atoms with Crippen LogP contribution in [0.5, 0.6) is 0 Å². The van der Waals surface area contributed by atoms with Crippen molar-refractivity contribution in [2.45, 2.75) is 71.1 Å². The molecule has 3 atom stereocenters. The van der Waals surface area contributed by atoms with E-state index in [-0.39, 0.29) is 17.4 Å². The van der Waals surface area contributed by atoms with Gasteiger partial charge in [0.15, 0.2) is 0 Å². The van der Waals surface area contributed by atoms with Crippen LogP contribution in [0.3, 0.4) is 0 Å². The molecule has 1 heterocycles. The molecule has 0 radical (unpaired) electrons. The van der Waals surface area contributed by atoms with Crippen molar-refractivity contribution in [3.8, 4) is 0 Å². The zero-order valence-corrected chi connectivity index (χ0v) is 14.7. The lowest BCUT2D eigenvalue weighted by molar-refractivity contribution is -0.170. The number of nitrogens with two attached hydrogens (primary N) is 1. The lowest BCUT2D eigenvalue weighted by atomic mass is 9.54. The van der Waals surface area contributed by atoms with E-state index in [1.807, 2.05) is 20.8 Å². The van der Waals surface area contributed by atoms with Crippen LogP contribution in [0.25, 0.3) is 0 Å². The Hall–Kier alpha value is -0.650. The van der Waals surface area contributed by atoms with Gasteiger partial charge in [-0.15, -0.1) is 0 Å². The van der Waals surface area contributed by atoms with Crippen LogP contribution in [-0.4, -0.2) is 54.7 Å². The molecular formula is C17H33N3O2. The number of hydrogen-bond donors (Lipinski definition) is 2. The van der Waals surface area contributed by atoms with Gasteiger partial charge in [0.2, 0.25) is 5.91 Å². The fraction of sp³-hybridized carbons (Fsp3) is 0.941. The maximum atomic E-state index is 12.6. The molecule has 1 saturated carbocycles. The second kappa shape index (κ2) is 6.85. The zero-order chi connectivity index (χ0) is 16.4. The number of carbonyl (C=O) groups excluding carboxylic acids is 1. The third kappa shape index (κ3) is 3.03. The fourth-order valence-electron chi connectivity index (χ4n) is 3.90. The zero-order valence-electron chi connectivity index (χ0n) is 14.7. The van der Waals surface area contributed by atoms with Gasteiger partial charge < -0.3 is 15.8 Å². The molecule has 3 unspecified atom stereocenters. The van der Waals surface area contributed by atoms with Crippen molar-refractivity contribution in [1.29, 1.82) is 0 Å². The summed E-state index contributed by atoms with van der Waals surface area (Å²) in [4.78, 5) is 15.1. The summed E-state index contributed by atoms with van der Waals surface area (Å²) in [5.74, 6) is -0.0184. The molecule has 0 spiro atoms. The number of nitrogens with one attached hydrogen (secondary N) is 1. The quantitative estimate of drug-likeness (QED) is 0.780. The van der Waals surface area contributed by atoms with Crippen molar-refractivity contribution in [2.75, 3.05) is 26.2 Å². The third-order valence-corrected chi connectivity index (χ3v) is 5.89. The largest absolute Gasteiger partial charge is 0.378 e. The molecule has 1 saturated heterocycles. The second-order valence-electron chi connectivity index (χ2n) is 7.33. The Balaban J connectivity index is 1.89. The summed E-state index contributed by atoms with van der Waals surface area (Å²) in [5.41, 5.74) is 5.30. The molecule has 0 bridgehead atoms. The van der Waals surface area contributed by atoms with Crippen LogP contribution in [0.15, 0.2) is 0 Å². The Kier molecular flexibility index (Phi) is 5.51. The third-order valence-electron chi connectivity index (χ3n) is 5.89. The van der Waals surface area contributed by atoms with Gasteiger partial charge in [0.1, 0.15) is 5.54 Å². The molecule has 5 nitrogen and oxygen atoms in total. The Morgan fingerprint density at radius 2 is 2.09 bits per heavy atom. The minimum atomic E-state index is -0.807. The average molecular weight is 311 g/mol. The standard InChI is InChI=1S/C17H33N3O2/c1-5-20-10-8-7-9-13(20)12-19-15(21)17(18)11-14(22-6-2)16(17,3)4/h13-14H,5-12,18H2,1-4H3,(H,19,21). The van der Waals surface area contributed by atoms with Gasteiger partial charge in [-0.1, -0.05) is 27.2 Å². The van der Waals surface area contributed by atoms with Crippen LogP contribution in [0, 0.1) is 5.41 Å². The van der Waals surface area contributed by atoms with Crippen LogP contribution in [-0.2, 0) is 9.53 Å². The highest BCUT2D eigenvalue weighted by Crippen LogP contribution is 2.49. The Bertz CT molecular complexity index is 399. The van der Waals surface area contributed by atoms with E-state index in [4.69, 9.17) is 10.5 Å². The summed E-state index contributed by atoms with van der Waals surface area (Å²) >= 11 is 0. The van der Waals surface area contributed by atoms with E-state index in [1.54, 1.807) is 0 Å². The fourth-order valence-corrected chi connectivity index (χ4v) is 3.90. The van der Waals surface area contributed by atoms with Crippen LogP contribution in [0.4, 0.5) is 0 Å². The molecule has 2 fully saturated rings. The number of amides is 1.